The first kappa shape index (κ1) is 16.2. The van der Waals surface area contributed by atoms with Gasteiger partial charge in [-0.3, -0.25) is 0 Å². The zero-order valence-corrected chi connectivity index (χ0v) is 8.52. The minimum Gasteiger partial charge on any atom is -0.543 e. The molecule has 0 bridgehead atoms. The minimum absolute atomic E-state index is 0. The standard InChI is InChI=1S/C2H2O4.Tb.Y/c3-1(4)2(5)6;;/h(H,3,4)(H,5,6);;/q;2*+3/p-2. The summed E-state index contributed by atoms with van der Waals surface area (Å²) >= 11 is 0. The van der Waals surface area contributed by atoms with Gasteiger partial charge in [-0.2, -0.15) is 0 Å². The van der Waals surface area contributed by atoms with Crippen molar-refractivity contribution in [3.63, 3.8) is 0 Å². The quantitative estimate of drug-likeness (QED) is 0.430. The number of aliphatic carboxylic acids is 2. The van der Waals surface area contributed by atoms with Gasteiger partial charge >= 0.3 is 71.3 Å². The zero-order valence-electron chi connectivity index (χ0n) is 3.54. The molecule has 8 heavy (non-hydrogen) atoms. The Morgan fingerprint density at radius 1 is 1.00 bits per heavy atom. The van der Waals surface area contributed by atoms with Crippen LogP contribution in [0.3, 0.4) is 0 Å². The minimum atomic E-state index is -2.19. The maximum atomic E-state index is 8.93. The van der Waals surface area contributed by atoms with Gasteiger partial charge in [0.05, 0.1) is 11.9 Å². The number of carboxylic acid groups (broad SMARTS) is 2. The molecule has 0 aromatic rings. The van der Waals surface area contributed by atoms with Gasteiger partial charge in [0.1, 0.15) is 0 Å². The van der Waals surface area contributed by atoms with Crippen LogP contribution in [-0.2, 0) is 42.3 Å². The van der Waals surface area contributed by atoms with Crippen molar-refractivity contribution in [3.8, 4) is 0 Å². The topological polar surface area (TPSA) is 80.3 Å². The molecule has 0 aliphatic heterocycles. The van der Waals surface area contributed by atoms with Gasteiger partial charge < -0.3 is 19.8 Å². The average molecular weight is 336 g/mol. The molecule has 0 amide bonds. The molecule has 0 aromatic heterocycles. The van der Waals surface area contributed by atoms with E-state index in [-0.39, 0.29) is 71.3 Å². The summed E-state index contributed by atoms with van der Waals surface area (Å²) in [5, 5.41) is 17.9. The smallest absolute Gasteiger partial charge is 0.543 e. The van der Waals surface area contributed by atoms with Crippen LogP contribution in [0.5, 0.6) is 0 Å². The van der Waals surface area contributed by atoms with Crippen molar-refractivity contribution in [2.24, 2.45) is 0 Å². The van der Waals surface area contributed by atoms with Crippen molar-refractivity contribution >= 4 is 11.9 Å². The molecule has 0 saturated heterocycles. The Bertz CT molecular complexity index is 80.0. The molecule has 0 radical (unpaired) electrons. The van der Waals surface area contributed by atoms with Gasteiger partial charge in [-0.15, -0.1) is 0 Å². The van der Waals surface area contributed by atoms with Crippen LogP contribution in [0.4, 0.5) is 0 Å². The fraction of sp³-hybridized carbons (Fsp3) is 0. The van der Waals surface area contributed by atoms with E-state index < -0.39 is 11.9 Å². The van der Waals surface area contributed by atoms with Crippen LogP contribution >= 0.6 is 0 Å². The molecule has 6 heteroatoms. The molecule has 0 aliphatic carbocycles. The Labute approximate surface area is 101 Å². The van der Waals surface area contributed by atoms with Crippen LogP contribution in [-0.4, -0.2) is 11.9 Å². The second-order valence-electron chi connectivity index (χ2n) is 0.575. The summed E-state index contributed by atoms with van der Waals surface area (Å²) in [5.74, 6) is -4.37. The van der Waals surface area contributed by atoms with E-state index in [1.54, 1.807) is 0 Å². The fourth-order valence-corrected chi connectivity index (χ4v) is 0. The Balaban J connectivity index is -0.000000125. The molecule has 0 aliphatic rings. The average Bonchev–Trinajstić information content (AvgIpc) is 1.36. The summed E-state index contributed by atoms with van der Waals surface area (Å²) in [5.41, 5.74) is 0. The number of hydrogen-bond donors (Lipinski definition) is 0. The second kappa shape index (κ2) is 8.33. The van der Waals surface area contributed by atoms with Crippen LogP contribution in [0.15, 0.2) is 0 Å². The van der Waals surface area contributed by atoms with E-state index in [1.165, 1.54) is 0 Å². The Morgan fingerprint density at radius 2 is 1.12 bits per heavy atom. The normalized spacial score (nSPS) is 5.50. The van der Waals surface area contributed by atoms with Gasteiger partial charge in [-0.05, 0) is 0 Å². The van der Waals surface area contributed by atoms with E-state index in [9.17, 15) is 0 Å². The third-order valence-corrected chi connectivity index (χ3v) is 0.167. The molecule has 0 unspecified atom stereocenters. The molecule has 0 aromatic carbocycles. The largest absolute Gasteiger partial charge is 3.00 e. The number of carboxylic acids is 2. The summed E-state index contributed by atoms with van der Waals surface area (Å²) in [6.45, 7) is 0. The van der Waals surface area contributed by atoms with Crippen LogP contribution in [0, 0.1) is 38.6 Å². The summed E-state index contributed by atoms with van der Waals surface area (Å²) < 4.78 is 0. The van der Waals surface area contributed by atoms with E-state index in [2.05, 4.69) is 0 Å². The third-order valence-electron chi connectivity index (χ3n) is 0.167. The van der Waals surface area contributed by atoms with Crippen molar-refractivity contribution in [2.75, 3.05) is 0 Å². The second-order valence-corrected chi connectivity index (χ2v) is 0.575. The van der Waals surface area contributed by atoms with Crippen molar-refractivity contribution in [1.82, 2.24) is 0 Å². The molecular weight excluding hydrogens is 336 g/mol. The van der Waals surface area contributed by atoms with Gasteiger partial charge in [0, 0.05) is 0 Å². The SMILES string of the molecule is O=C([O-])C(=O)[O-].[Tb+3].[Y+3]. The summed E-state index contributed by atoms with van der Waals surface area (Å²) in [7, 11) is 0. The van der Waals surface area contributed by atoms with E-state index in [1.807, 2.05) is 0 Å². The predicted octanol–water partition coefficient (Wildman–Crippen LogP) is -3.52. The Kier molecular flexibility index (Phi) is 16.8. The first-order valence-corrected chi connectivity index (χ1v) is 1.07. The molecule has 0 saturated carbocycles. The predicted molar refractivity (Wildman–Crippen MR) is 10.0 cm³/mol. The molecular formula is C2O4TbY+4. The third kappa shape index (κ3) is 10.3. The molecule has 0 atom stereocenters. The molecule has 40 valence electrons. The van der Waals surface area contributed by atoms with Crippen LogP contribution < -0.4 is 10.2 Å². The number of carbonyl (C=O) groups is 2. The first-order valence-electron chi connectivity index (χ1n) is 1.07. The summed E-state index contributed by atoms with van der Waals surface area (Å²) in [6.07, 6.45) is 0. The van der Waals surface area contributed by atoms with E-state index in [4.69, 9.17) is 19.8 Å². The molecule has 0 heterocycles. The number of hydrogen-bond acceptors (Lipinski definition) is 4. The van der Waals surface area contributed by atoms with E-state index >= 15 is 0 Å². The van der Waals surface area contributed by atoms with Gasteiger partial charge in [-0.1, -0.05) is 0 Å². The summed E-state index contributed by atoms with van der Waals surface area (Å²) in [4.78, 5) is 17.9. The summed E-state index contributed by atoms with van der Waals surface area (Å²) in [6, 6.07) is 0. The van der Waals surface area contributed by atoms with Crippen LogP contribution in [0.2, 0.25) is 0 Å². The molecule has 0 spiro atoms. The van der Waals surface area contributed by atoms with Crippen molar-refractivity contribution in [1.29, 1.82) is 0 Å². The number of carbonyl (C=O) groups excluding carboxylic acids is 2. The van der Waals surface area contributed by atoms with Crippen molar-refractivity contribution in [2.45, 2.75) is 0 Å². The van der Waals surface area contributed by atoms with Gasteiger partial charge in [0.25, 0.3) is 0 Å². The van der Waals surface area contributed by atoms with Gasteiger partial charge in [0.2, 0.25) is 0 Å². The fourth-order valence-electron chi connectivity index (χ4n) is 0. The monoisotopic (exact) mass is 336 g/mol. The molecule has 0 N–H and O–H groups in total. The Morgan fingerprint density at radius 3 is 1.12 bits per heavy atom. The van der Waals surface area contributed by atoms with Crippen molar-refractivity contribution in [3.05, 3.63) is 0 Å². The van der Waals surface area contributed by atoms with Gasteiger partial charge in [-0.25, -0.2) is 0 Å². The maximum Gasteiger partial charge on any atom is 3.00 e. The maximum absolute atomic E-state index is 8.93. The number of rotatable bonds is 0. The van der Waals surface area contributed by atoms with Crippen LogP contribution in [0.1, 0.15) is 0 Å². The first-order chi connectivity index (χ1) is 2.64. The Hall–Kier alpha value is 1.33. The molecule has 0 rings (SSSR count). The van der Waals surface area contributed by atoms with Gasteiger partial charge in [0.15, 0.2) is 0 Å². The van der Waals surface area contributed by atoms with Crippen LogP contribution in [0.25, 0.3) is 0 Å². The van der Waals surface area contributed by atoms with Crippen molar-refractivity contribution < 1.29 is 91.1 Å². The zero-order chi connectivity index (χ0) is 5.15. The van der Waals surface area contributed by atoms with E-state index in [0.29, 0.717) is 0 Å². The molecule has 0 fully saturated rings. The molecule has 4 nitrogen and oxygen atoms in total. The van der Waals surface area contributed by atoms with E-state index in [0.717, 1.165) is 0 Å².